The predicted octanol–water partition coefficient (Wildman–Crippen LogP) is 0.927. The molecule has 0 unspecified atom stereocenters. The number of aromatic amines is 1. The molecule has 8 heteroatoms. The number of carbonyl (C=O) groups excluding carboxylic acids is 2. The fraction of sp³-hybridized carbons (Fsp3) is 0.667. The second-order valence-corrected chi connectivity index (χ2v) is 6.54. The lowest BCUT2D eigenvalue weighted by atomic mass is 9.97. The van der Waals surface area contributed by atoms with Gasteiger partial charge in [-0.25, -0.2) is 0 Å². The summed E-state index contributed by atoms with van der Waals surface area (Å²) in [4.78, 5) is 40.4. The zero-order chi connectivity index (χ0) is 16.8. The molecule has 2 rings (SSSR count). The zero-order valence-corrected chi connectivity index (χ0v) is 14.2. The van der Waals surface area contributed by atoms with E-state index in [0.717, 1.165) is 42.1 Å². The molecule has 0 aromatic carbocycles. The normalized spacial score (nSPS) is 16.3. The first-order chi connectivity index (χ1) is 11.0. The number of carbonyl (C=O) groups is 2. The lowest BCUT2D eigenvalue weighted by Crippen LogP contribution is -2.36. The summed E-state index contributed by atoms with van der Waals surface area (Å²) in [7, 11) is 1.41. The van der Waals surface area contributed by atoms with Gasteiger partial charge >= 0.3 is 16.8 Å². The van der Waals surface area contributed by atoms with Crippen molar-refractivity contribution >= 4 is 23.3 Å². The highest BCUT2D eigenvalue weighted by molar-refractivity contribution is 7.09. The quantitative estimate of drug-likeness (QED) is 0.774. The zero-order valence-electron chi connectivity index (χ0n) is 13.4. The molecular weight excluding hydrogens is 320 g/mol. The smallest absolute Gasteiger partial charge is 0.311 e. The number of hydrogen-bond acceptors (Lipinski definition) is 7. The van der Waals surface area contributed by atoms with Gasteiger partial charge in [0.1, 0.15) is 0 Å². The molecule has 0 amide bonds. The first kappa shape index (κ1) is 17.7. The lowest BCUT2D eigenvalue weighted by Gasteiger charge is -2.30. The molecule has 0 aliphatic carbocycles. The van der Waals surface area contributed by atoms with Crippen molar-refractivity contribution in [2.45, 2.75) is 32.7 Å². The van der Waals surface area contributed by atoms with E-state index in [0.29, 0.717) is 18.8 Å². The summed E-state index contributed by atoms with van der Waals surface area (Å²) in [5.74, 6) is -0.536. The number of H-pyrrole nitrogens is 1. The Morgan fingerprint density at radius 1 is 1.35 bits per heavy atom. The number of nitrogens with zero attached hydrogens (tertiary/aromatic N) is 1. The molecule has 1 aliphatic heterocycles. The molecule has 1 aromatic heterocycles. The maximum atomic E-state index is 11.6. The molecule has 2 heterocycles. The van der Waals surface area contributed by atoms with Gasteiger partial charge in [-0.1, -0.05) is 11.3 Å². The second-order valence-electron chi connectivity index (χ2n) is 5.47. The van der Waals surface area contributed by atoms with Crippen LogP contribution in [0.5, 0.6) is 0 Å². The van der Waals surface area contributed by atoms with Crippen molar-refractivity contribution in [3.05, 3.63) is 20.2 Å². The van der Waals surface area contributed by atoms with Gasteiger partial charge in [-0.2, -0.15) is 0 Å². The minimum absolute atomic E-state index is 0.0415. The number of hydrogen-bond donors (Lipinski definition) is 1. The summed E-state index contributed by atoms with van der Waals surface area (Å²) >= 11 is 1.13. The number of aromatic nitrogens is 1. The van der Waals surface area contributed by atoms with Crippen molar-refractivity contribution in [3.8, 4) is 0 Å². The molecule has 0 saturated carbocycles. The van der Waals surface area contributed by atoms with Crippen LogP contribution in [-0.2, 0) is 32.0 Å². The molecule has 7 nitrogen and oxygen atoms in total. The Bertz CT molecular complexity index is 601. The molecular formula is C15H22N2O5S. The molecule has 1 aliphatic rings. The Kier molecular flexibility index (Phi) is 6.35. The van der Waals surface area contributed by atoms with Crippen molar-refractivity contribution in [2.24, 2.45) is 5.92 Å². The molecule has 1 N–H and O–H groups in total. The van der Waals surface area contributed by atoms with Crippen LogP contribution in [0.4, 0.5) is 0 Å². The van der Waals surface area contributed by atoms with Crippen molar-refractivity contribution in [1.82, 2.24) is 9.88 Å². The average molecular weight is 342 g/mol. The molecule has 128 valence electrons. The van der Waals surface area contributed by atoms with Gasteiger partial charge in [0.15, 0.2) is 0 Å². The topological polar surface area (TPSA) is 88.7 Å². The molecule has 1 aromatic rings. The van der Waals surface area contributed by atoms with E-state index in [-0.39, 0.29) is 29.2 Å². The molecule has 0 radical (unpaired) electrons. The van der Waals surface area contributed by atoms with E-state index >= 15 is 0 Å². The third kappa shape index (κ3) is 4.90. The summed E-state index contributed by atoms with van der Waals surface area (Å²) < 4.78 is 9.71. The fourth-order valence-electron chi connectivity index (χ4n) is 2.72. The highest BCUT2D eigenvalue weighted by Gasteiger charge is 2.26. The van der Waals surface area contributed by atoms with Gasteiger partial charge in [0.25, 0.3) is 0 Å². The molecule has 1 saturated heterocycles. The van der Waals surface area contributed by atoms with Crippen molar-refractivity contribution in [1.29, 1.82) is 0 Å². The van der Waals surface area contributed by atoms with Crippen LogP contribution in [0.25, 0.3) is 0 Å². The minimum Gasteiger partial charge on any atom is -0.469 e. The number of thiazole rings is 1. The number of methoxy groups -OCH3 is 1. The Morgan fingerprint density at radius 3 is 2.65 bits per heavy atom. The van der Waals surface area contributed by atoms with Crippen molar-refractivity contribution < 1.29 is 19.1 Å². The molecule has 23 heavy (non-hydrogen) atoms. The van der Waals surface area contributed by atoms with Crippen molar-refractivity contribution in [2.75, 3.05) is 26.8 Å². The summed E-state index contributed by atoms with van der Waals surface area (Å²) in [5, 5.41) is 0. The van der Waals surface area contributed by atoms with Gasteiger partial charge in [0.2, 0.25) is 0 Å². The maximum Gasteiger partial charge on any atom is 0.311 e. The summed E-state index contributed by atoms with van der Waals surface area (Å²) in [6.45, 7) is 4.21. The first-order valence-electron chi connectivity index (χ1n) is 7.70. The van der Waals surface area contributed by atoms with Crippen LogP contribution in [0.2, 0.25) is 0 Å². The number of esters is 2. The Balaban J connectivity index is 1.95. The van der Waals surface area contributed by atoms with Crippen LogP contribution in [-0.4, -0.2) is 48.6 Å². The third-order valence-corrected chi connectivity index (χ3v) is 4.83. The maximum absolute atomic E-state index is 11.6. The van der Waals surface area contributed by atoms with Crippen LogP contribution in [0.1, 0.15) is 30.3 Å². The predicted molar refractivity (Wildman–Crippen MR) is 85.3 cm³/mol. The number of nitrogens with one attached hydrogen (secondary N) is 1. The van der Waals surface area contributed by atoms with Crippen LogP contribution in [0.3, 0.4) is 0 Å². The standard InChI is InChI=1S/C15H22N2O5S/c1-3-22-13(18)8-11-12(23-15(20)16-11)9-17-6-4-10(5-7-17)14(19)21-2/h10H,3-9H2,1-2H3,(H,16,20). The van der Waals surface area contributed by atoms with E-state index < -0.39 is 0 Å². The highest BCUT2D eigenvalue weighted by atomic mass is 32.1. The fourth-order valence-corrected chi connectivity index (χ4v) is 3.61. The van der Waals surface area contributed by atoms with Gasteiger partial charge in [-0.3, -0.25) is 19.3 Å². The SMILES string of the molecule is CCOC(=O)Cc1[nH]c(=O)sc1CN1CCC(C(=O)OC)CC1. The van der Waals surface area contributed by atoms with E-state index in [4.69, 9.17) is 9.47 Å². The van der Waals surface area contributed by atoms with Gasteiger partial charge in [-0.05, 0) is 32.9 Å². The van der Waals surface area contributed by atoms with Crippen LogP contribution in [0, 0.1) is 5.92 Å². The molecule has 0 bridgehead atoms. The third-order valence-electron chi connectivity index (χ3n) is 3.92. The average Bonchev–Trinajstić information content (AvgIpc) is 2.86. The highest BCUT2D eigenvalue weighted by Crippen LogP contribution is 2.22. The Labute approximate surface area is 138 Å². The summed E-state index contributed by atoms with van der Waals surface area (Å²) in [6.07, 6.45) is 1.58. The Hall–Kier alpha value is -1.67. The summed E-state index contributed by atoms with van der Waals surface area (Å²) in [5.41, 5.74) is 0.633. The number of piperidine rings is 1. The summed E-state index contributed by atoms with van der Waals surface area (Å²) in [6, 6.07) is 0. The minimum atomic E-state index is -0.341. The second kappa shape index (κ2) is 8.26. The van der Waals surface area contributed by atoms with E-state index in [9.17, 15) is 14.4 Å². The van der Waals surface area contributed by atoms with E-state index in [1.165, 1.54) is 7.11 Å². The van der Waals surface area contributed by atoms with Crippen LogP contribution >= 0.6 is 11.3 Å². The van der Waals surface area contributed by atoms with Gasteiger partial charge in [0, 0.05) is 17.1 Å². The van der Waals surface area contributed by atoms with Crippen molar-refractivity contribution in [3.63, 3.8) is 0 Å². The first-order valence-corrected chi connectivity index (χ1v) is 8.51. The Morgan fingerprint density at radius 2 is 2.04 bits per heavy atom. The van der Waals surface area contributed by atoms with E-state index in [2.05, 4.69) is 9.88 Å². The number of likely N-dealkylation sites (tertiary alicyclic amines) is 1. The number of ether oxygens (including phenoxy) is 2. The largest absolute Gasteiger partial charge is 0.469 e. The van der Waals surface area contributed by atoms with E-state index in [1.807, 2.05) is 0 Å². The molecule has 0 atom stereocenters. The molecule has 0 spiro atoms. The van der Waals surface area contributed by atoms with Crippen LogP contribution < -0.4 is 4.87 Å². The van der Waals surface area contributed by atoms with Gasteiger partial charge in [-0.15, -0.1) is 0 Å². The van der Waals surface area contributed by atoms with Gasteiger partial charge < -0.3 is 14.5 Å². The van der Waals surface area contributed by atoms with E-state index in [1.54, 1.807) is 6.92 Å². The molecule has 1 fully saturated rings. The lowest BCUT2D eigenvalue weighted by molar-refractivity contribution is -0.147. The van der Waals surface area contributed by atoms with Gasteiger partial charge in [0.05, 0.1) is 26.1 Å². The van der Waals surface area contributed by atoms with Crippen LogP contribution in [0.15, 0.2) is 4.79 Å². The number of rotatable bonds is 6. The monoisotopic (exact) mass is 342 g/mol.